The zero-order chi connectivity index (χ0) is 21.0. The second-order valence-corrected chi connectivity index (χ2v) is 6.95. The third kappa shape index (κ3) is 4.93. The van der Waals surface area contributed by atoms with E-state index in [0.29, 0.717) is 18.1 Å². The van der Waals surface area contributed by atoms with E-state index in [4.69, 9.17) is 14.1 Å². The highest BCUT2D eigenvalue weighted by atomic mass is 16.6. The number of hydrogen-bond donors (Lipinski definition) is 1. The molecular formula is C22H25N3O4. The first-order valence-electron chi connectivity index (χ1n) is 9.49. The highest BCUT2D eigenvalue weighted by Gasteiger charge is 2.21. The van der Waals surface area contributed by atoms with Gasteiger partial charge in [0.2, 0.25) is 5.82 Å². The molecule has 1 atom stereocenters. The van der Waals surface area contributed by atoms with Gasteiger partial charge in [-0.1, -0.05) is 6.07 Å². The molecule has 0 saturated heterocycles. The molecule has 7 nitrogen and oxygen atoms in total. The van der Waals surface area contributed by atoms with Crippen LogP contribution in [-0.2, 0) is 4.79 Å². The molecule has 0 saturated carbocycles. The van der Waals surface area contributed by atoms with Gasteiger partial charge in [-0.05, 0) is 92.0 Å². The molecule has 1 aromatic heterocycles. The smallest absolute Gasteiger partial charge is 0.266 e. The molecule has 0 aliphatic heterocycles. The molecule has 1 amide bonds. The van der Waals surface area contributed by atoms with Crippen LogP contribution in [-0.4, -0.2) is 28.9 Å². The highest BCUT2D eigenvalue weighted by Crippen LogP contribution is 2.29. The van der Waals surface area contributed by atoms with E-state index in [1.807, 2.05) is 64.1 Å². The number of carbonyl (C=O) groups excluding carboxylic acids is 1. The average Bonchev–Trinajstić information content (AvgIpc) is 3.10. The van der Waals surface area contributed by atoms with Crippen LogP contribution in [0.4, 0.5) is 5.82 Å². The van der Waals surface area contributed by atoms with Gasteiger partial charge in [-0.3, -0.25) is 4.79 Å². The summed E-state index contributed by atoms with van der Waals surface area (Å²) in [5.74, 6) is 1.35. The molecule has 0 fully saturated rings. The van der Waals surface area contributed by atoms with Crippen molar-refractivity contribution in [1.82, 2.24) is 10.3 Å². The molecule has 1 N–H and O–H groups in total. The van der Waals surface area contributed by atoms with Crippen LogP contribution in [0, 0.1) is 20.8 Å². The Hall–Kier alpha value is -3.35. The summed E-state index contributed by atoms with van der Waals surface area (Å²) in [5, 5.41) is 10.5. The summed E-state index contributed by atoms with van der Waals surface area (Å²) in [6.45, 7) is 10.1. The fourth-order valence-corrected chi connectivity index (χ4v) is 3.05. The van der Waals surface area contributed by atoms with Crippen LogP contribution in [0.2, 0.25) is 0 Å². The predicted octanol–water partition coefficient (Wildman–Crippen LogP) is 4.47. The quantitative estimate of drug-likeness (QED) is 0.635. The summed E-state index contributed by atoms with van der Waals surface area (Å²) in [6, 6.07) is 11.5. The van der Waals surface area contributed by atoms with Gasteiger partial charge in [-0.2, -0.15) is 0 Å². The Labute approximate surface area is 170 Å². The van der Waals surface area contributed by atoms with Crippen molar-refractivity contribution in [3.63, 3.8) is 0 Å². The second kappa shape index (κ2) is 8.77. The molecule has 3 aromatic rings. The normalized spacial score (nSPS) is 11.8. The van der Waals surface area contributed by atoms with Gasteiger partial charge in [0, 0.05) is 5.56 Å². The number of nitrogens with zero attached hydrogens (tertiary/aromatic N) is 2. The largest absolute Gasteiger partial charge is 0.494 e. The van der Waals surface area contributed by atoms with Crippen LogP contribution in [0.25, 0.3) is 11.3 Å². The Morgan fingerprint density at radius 2 is 1.83 bits per heavy atom. The third-order valence-corrected chi connectivity index (χ3v) is 4.36. The Kier molecular flexibility index (Phi) is 6.16. The molecule has 0 bridgehead atoms. The summed E-state index contributed by atoms with van der Waals surface area (Å²) in [6.07, 6.45) is -0.720. The second-order valence-electron chi connectivity index (χ2n) is 6.95. The van der Waals surface area contributed by atoms with E-state index in [1.165, 1.54) is 0 Å². The number of amides is 1. The number of hydrogen-bond acceptors (Lipinski definition) is 6. The fraction of sp³-hybridized carbons (Fsp3) is 0.318. The summed E-state index contributed by atoms with van der Waals surface area (Å²) >= 11 is 0. The van der Waals surface area contributed by atoms with Gasteiger partial charge in [0.25, 0.3) is 5.91 Å². The molecule has 3 rings (SSSR count). The van der Waals surface area contributed by atoms with Crippen LogP contribution in [0.5, 0.6) is 11.5 Å². The molecule has 0 spiro atoms. The van der Waals surface area contributed by atoms with Crippen LogP contribution in [0.3, 0.4) is 0 Å². The number of aromatic nitrogens is 2. The van der Waals surface area contributed by atoms with E-state index < -0.39 is 6.10 Å². The van der Waals surface area contributed by atoms with Crippen molar-refractivity contribution >= 4 is 11.7 Å². The first-order valence-corrected chi connectivity index (χ1v) is 9.49. The Morgan fingerprint density at radius 1 is 1.10 bits per heavy atom. The van der Waals surface area contributed by atoms with E-state index in [9.17, 15) is 4.79 Å². The van der Waals surface area contributed by atoms with E-state index in [1.54, 1.807) is 6.92 Å². The van der Waals surface area contributed by atoms with Crippen molar-refractivity contribution in [2.24, 2.45) is 0 Å². The number of ether oxygens (including phenoxy) is 2. The van der Waals surface area contributed by atoms with Crippen molar-refractivity contribution in [3.05, 3.63) is 53.1 Å². The number of rotatable bonds is 7. The van der Waals surface area contributed by atoms with Gasteiger partial charge in [0.1, 0.15) is 11.5 Å². The lowest BCUT2D eigenvalue weighted by atomic mass is 10.1. The molecule has 1 heterocycles. The highest BCUT2D eigenvalue weighted by molar-refractivity contribution is 5.96. The Bertz CT molecular complexity index is 993. The van der Waals surface area contributed by atoms with Crippen LogP contribution in [0.15, 0.2) is 41.0 Å². The molecule has 7 heteroatoms. The van der Waals surface area contributed by atoms with Crippen molar-refractivity contribution in [1.29, 1.82) is 0 Å². The molecule has 29 heavy (non-hydrogen) atoms. The first kappa shape index (κ1) is 20.4. The van der Waals surface area contributed by atoms with Gasteiger partial charge in [-0.25, -0.2) is 4.63 Å². The van der Waals surface area contributed by atoms with Crippen molar-refractivity contribution in [2.45, 2.75) is 40.7 Å². The Morgan fingerprint density at radius 3 is 2.48 bits per heavy atom. The van der Waals surface area contributed by atoms with Gasteiger partial charge < -0.3 is 14.8 Å². The van der Waals surface area contributed by atoms with Gasteiger partial charge in [0.15, 0.2) is 11.8 Å². The number of benzene rings is 2. The van der Waals surface area contributed by atoms with Crippen LogP contribution < -0.4 is 14.8 Å². The maximum absolute atomic E-state index is 12.6. The topological polar surface area (TPSA) is 86.5 Å². The van der Waals surface area contributed by atoms with E-state index in [2.05, 4.69) is 15.6 Å². The zero-order valence-corrected chi connectivity index (χ0v) is 17.3. The molecule has 0 aliphatic rings. The van der Waals surface area contributed by atoms with Gasteiger partial charge in [0.05, 0.1) is 6.61 Å². The lowest BCUT2D eigenvalue weighted by molar-refractivity contribution is -0.122. The van der Waals surface area contributed by atoms with Crippen LogP contribution >= 0.6 is 0 Å². The molecule has 0 aliphatic carbocycles. The zero-order valence-electron chi connectivity index (χ0n) is 17.3. The predicted molar refractivity (Wildman–Crippen MR) is 110 cm³/mol. The standard InChI is InChI=1S/C22H25N3O4/c1-6-27-19-8-7-17(12-15(19)4)20-21(25-29-24-20)23-22(26)16(5)28-18-10-13(2)9-14(3)11-18/h7-12,16H,6H2,1-5H3,(H,23,25,26)/t16-/m0/s1. The minimum atomic E-state index is -0.720. The molecule has 2 aromatic carbocycles. The monoisotopic (exact) mass is 395 g/mol. The van der Waals surface area contributed by atoms with E-state index in [-0.39, 0.29) is 11.7 Å². The molecule has 152 valence electrons. The minimum Gasteiger partial charge on any atom is -0.494 e. The van der Waals surface area contributed by atoms with Crippen molar-refractivity contribution in [3.8, 4) is 22.8 Å². The van der Waals surface area contributed by atoms with Gasteiger partial charge >= 0.3 is 0 Å². The van der Waals surface area contributed by atoms with Crippen molar-refractivity contribution in [2.75, 3.05) is 11.9 Å². The lowest BCUT2D eigenvalue weighted by Gasteiger charge is -2.15. The number of aryl methyl sites for hydroxylation is 3. The number of carbonyl (C=O) groups is 1. The minimum absolute atomic E-state index is 0.245. The molecule has 0 unspecified atom stereocenters. The lowest BCUT2D eigenvalue weighted by Crippen LogP contribution is -2.30. The molecule has 0 radical (unpaired) electrons. The van der Waals surface area contributed by atoms with Crippen LogP contribution in [0.1, 0.15) is 30.5 Å². The van der Waals surface area contributed by atoms with Gasteiger partial charge in [-0.15, -0.1) is 0 Å². The Balaban J connectivity index is 1.73. The van der Waals surface area contributed by atoms with Crippen molar-refractivity contribution < 1.29 is 18.9 Å². The third-order valence-electron chi connectivity index (χ3n) is 4.36. The maximum Gasteiger partial charge on any atom is 0.266 e. The van der Waals surface area contributed by atoms with E-state index >= 15 is 0 Å². The average molecular weight is 395 g/mol. The summed E-state index contributed by atoms with van der Waals surface area (Å²) < 4.78 is 16.2. The SMILES string of the molecule is CCOc1ccc(-c2nonc2NC(=O)[C@H](C)Oc2cc(C)cc(C)c2)cc1C. The number of nitrogens with one attached hydrogen (secondary N) is 1. The summed E-state index contributed by atoms with van der Waals surface area (Å²) in [4.78, 5) is 12.6. The number of anilines is 1. The van der Waals surface area contributed by atoms with E-state index in [0.717, 1.165) is 28.0 Å². The fourth-order valence-electron chi connectivity index (χ4n) is 3.05. The first-order chi connectivity index (χ1) is 13.9. The maximum atomic E-state index is 12.6. The summed E-state index contributed by atoms with van der Waals surface area (Å²) in [5.41, 5.74) is 4.31. The summed E-state index contributed by atoms with van der Waals surface area (Å²) in [7, 11) is 0. The molecular weight excluding hydrogens is 370 g/mol.